The number of aliphatic hydroxyl groups is 3. The van der Waals surface area contributed by atoms with Crippen LogP contribution in [0.25, 0.3) is 0 Å². The summed E-state index contributed by atoms with van der Waals surface area (Å²) in [6.45, 7) is 10.3. The molecule has 1 heterocycles. The minimum Gasteiger partial charge on any atom is -0.457 e. The fourth-order valence-electron chi connectivity index (χ4n) is 10.1. The van der Waals surface area contributed by atoms with E-state index in [1.807, 2.05) is 13.0 Å². The summed E-state index contributed by atoms with van der Waals surface area (Å²) in [7, 11) is 0. The number of fused-ring (bicyclic) bond motifs is 5. The number of hydrogen-bond donors (Lipinski definition) is 4. The van der Waals surface area contributed by atoms with Crippen LogP contribution < -0.4 is 5.32 Å². The molecule has 4 N–H and O–H groups in total. The van der Waals surface area contributed by atoms with Crippen LogP contribution in [-0.2, 0) is 23.8 Å². The first-order chi connectivity index (χ1) is 26.5. The van der Waals surface area contributed by atoms with Crippen molar-refractivity contribution >= 4 is 23.6 Å². The van der Waals surface area contributed by atoms with Crippen molar-refractivity contribution in [3.05, 3.63) is 119 Å². The number of nitrogens with one attached hydrogen (secondary N) is 1. The number of aliphatic hydroxyl groups excluding tert-OH is 2. The van der Waals surface area contributed by atoms with Crippen molar-refractivity contribution in [3.8, 4) is 0 Å². The van der Waals surface area contributed by atoms with Crippen LogP contribution in [0.5, 0.6) is 0 Å². The average molecular weight is 766 g/mol. The van der Waals surface area contributed by atoms with Crippen LogP contribution in [0.4, 0.5) is 0 Å². The van der Waals surface area contributed by atoms with Crippen LogP contribution in [-0.4, -0.2) is 81.7 Å². The Hall–Kier alpha value is -4.68. The van der Waals surface area contributed by atoms with Gasteiger partial charge >= 0.3 is 11.9 Å². The third kappa shape index (κ3) is 6.11. The summed E-state index contributed by atoms with van der Waals surface area (Å²) in [5.41, 5.74) is -4.22. The largest absolute Gasteiger partial charge is 0.457 e. The van der Waals surface area contributed by atoms with Crippen LogP contribution in [0.1, 0.15) is 86.7 Å². The van der Waals surface area contributed by atoms with Crippen molar-refractivity contribution in [3.63, 3.8) is 0 Å². The molecule has 3 aromatic carbocycles. The van der Waals surface area contributed by atoms with E-state index >= 15 is 0 Å². The second kappa shape index (κ2) is 14.4. The quantitative estimate of drug-likeness (QED) is 0.178. The third-order valence-electron chi connectivity index (χ3n) is 13.7. The molecule has 0 aromatic heterocycles. The average Bonchev–Trinajstić information content (AvgIpc) is 3.19. The van der Waals surface area contributed by atoms with E-state index in [0.717, 1.165) is 0 Å². The summed E-state index contributed by atoms with van der Waals surface area (Å²) >= 11 is 0. The second-order valence-electron chi connectivity index (χ2n) is 17.1. The molecule has 0 radical (unpaired) electrons. The van der Waals surface area contributed by atoms with E-state index in [2.05, 4.69) is 5.32 Å². The van der Waals surface area contributed by atoms with Crippen LogP contribution >= 0.6 is 0 Å². The lowest BCUT2D eigenvalue weighted by Crippen LogP contribution is -2.77. The molecule has 3 aromatic rings. The lowest BCUT2D eigenvalue weighted by molar-refractivity contribution is -0.313. The lowest BCUT2D eigenvalue weighted by Gasteiger charge is -2.68. The van der Waals surface area contributed by atoms with Crippen LogP contribution in [0, 0.1) is 28.1 Å². The summed E-state index contributed by atoms with van der Waals surface area (Å²) in [6.07, 6.45) is -6.39. The lowest BCUT2D eigenvalue weighted by atomic mass is 9.42. The standard InChI is InChI=1S/C45H51NO10/c1-25-30(55-40(51)26(2)34(27-16-10-7-11-17-27)46-39(50)28-18-12-8-13-19-28)23-45(53)38(56-41(52)29-20-14-9-15-21-29)36-43(5)24-54-32(43)22-31(47)44(36,6)37(49)35(48)33(25)42(45,3)4/h7-21,26,30-32,34-36,38,47-48,53H,22-24H2,1-6H3,(H,46,50)/t26-,30+,31+,32-,34-,35-,36-,38+,43-,44-,45-/m1/s1. The first-order valence-corrected chi connectivity index (χ1v) is 19.3. The number of ketones is 1. The molecule has 56 heavy (non-hydrogen) atoms. The highest BCUT2D eigenvalue weighted by molar-refractivity contribution is 5.95. The van der Waals surface area contributed by atoms with Gasteiger partial charge in [-0.1, -0.05) is 87.5 Å². The predicted octanol–water partition coefficient (Wildman–Crippen LogP) is 5.14. The van der Waals surface area contributed by atoms with Crippen molar-refractivity contribution < 1.29 is 48.7 Å². The molecule has 1 saturated heterocycles. The van der Waals surface area contributed by atoms with Crippen molar-refractivity contribution in [1.29, 1.82) is 0 Å². The molecule has 0 unspecified atom stereocenters. The summed E-state index contributed by atoms with van der Waals surface area (Å²) in [5, 5.41) is 40.4. The number of amides is 1. The Labute approximate surface area is 327 Å². The van der Waals surface area contributed by atoms with Gasteiger partial charge in [-0.3, -0.25) is 14.4 Å². The molecule has 1 aliphatic heterocycles. The van der Waals surface area contributed by atoms with E-state index in [-0.39, 0.29) is 36.5 Å². The molecule has 0 spiro atoms. The Balaban J connectivity index is 1.31. The van der Waals surface area contributed by atoms with Gasteiger partial charge in [-0.05, 0) is 61.7 Å². The monoisotopic (exact) mass is 765 g/mol. The highest BCUT2D eigenvalue weighted by Gasteiger charge is 2.75. The normalized spacial score (nSPS) is 34.3. The molecule has 11 atom stereocenters. The summed E-state index contributed by atoms with van der Waals surface area (Å²) in [6, 6.07) is 25.2. The Bertz CT molecular complexity index is 2030. The van der Waals surface area contributed by atoms with Crippen molar-refractivity contribution in [2.75, 3.05) is 6.61 Å². The van der Waals surface area contributed by atoms with E-state index < -0.39 is 88.0 Å². The van der Waals surface area contributed by atoms with Gasteiger partial charge in [0, 0.05) is 35.2 Å². The van der Waals surface area contributed by atoms with E-state index in [4.69, 9.17) is 14.2 Å². The zero-order valence-electron chi connectivity index (χ0n) is 32.6. The Morgan fingerprint density at radius 2 is 1.43 bits per heavy atom. The number of carbonyl (C=O) groups excluding carboxylic acids is 4. The number of ether oxygens (including phenoxy) is 3. The van der Waals surface area contributed by atoms with Gasteiger partial charge in [0.25, 0.3) is 5.91 Å². The summed E-state index contributed by atoms with van der Waals surface area (Å²) < 4.78 is 18.7. The molecule has 4 aliphatic rings. The van der Waals surface area contributed by atoms with Crippen LogP contribution in [0.2, 0.25) is 0 Å². The SMILES string of the molecule is CC1=C2[C@@H](O)C(=O)[C@@]3(C)[C@H]([C@H](OC(=O)c4ccccc4)[C@](O)(C[C@@H]1OC(=O)[C@H](C)[C@@H](NC(=O)c1ccccc1)c1ccccc1)C2(C)C)[C@]1(C)CO[C@@H]1C[C@@H]3O. The minimum absolute atomic E-state index is 0.114. The highest BCUT2D eigenvalue weighted by Crippen LogP contribution is 2.65. The first kappa shape index (κ1) is 39.6. The number of esters is 2. The smallest absolute Gasteiger partial charge is 0.338 e. The van der Waals surface area contributed by atoms with Gasteiger partial charge in [0.15, 0.2) is 5.78 Å². The number of Topliss-reactive ketones (excluding diaryl/α,β-unsaturated/α-hetero) is 1. The number of benzene rings is 3. The third-order valence-corrected chi connectivity index (χ3v) is 13.7. The van der Waals surface area contributed by atoms with Gasteiger partial charge in [0.2, 0.25) is 0 Å². The molecule has 7 rings (SSSR count). The molecule has 296 valence electrons. The minimum atomic E-state index is -2.06. The molecule has 2 saturated carbocycles. The van der Waals surface area contributed by atoms with Gasteiger partial charge in [0.1, 0.15) is 23.9 Å². The van der Waals surface area contributed by atoms with E-state index in [1.54, 1.807) is 120 Å². The molecule has 11 nitrogen and oxygen atoms in total. The molecule has 11 heteroatoms. The Kier molecular flexibility index (Phi) is 10.1. The molecule has 3 aliphatic carbocycles. The number of carbonyl (C=O) groups is 4. The van der Waals surface area contributed by atoms with Crippen molar-refractivity contribution in [2.24, 2.45) is 28.1 Å². The van der Waals surface area contributed by atoms with Crippen LogP contribution in [0.3, 0.4) is 0 Å². The molecule has 3 fully saturated rings. The summed E-state index contributed by atoms with van der Waals surface area (Å²) in [4.78, 5) is 56.7. The zero-order valence-corrected chi connectivity index (χ0v) is 32.6. The predicted molar refractivity (Wildman–Crippen MR) is 205 cm³/mol. The van der Waals surface area contributed by atoms with Crippen molar-refractivity contribution in [2.45, 2.75) is 96.5 Å². The highest BCUT2D eigenvalue weighted by atomic mass is 16.6. The van der Waals surface area contributed by atoms with Gasteiger partial charge in [-0.25, -0.2) is 4.79 Å². The Morgan fingerprint density at radius 3 is 2.00 bits per heavy atom. The van der Waals surface area contributed by atoms with Crippen LogP contribution in [0.15, 0.2) is 102 Å². The topological polar surface area (TPSA) is 169 Å². The second-order valence-corrected chi connectivity index (χ2v) is 17.1. The van der Waals surface area contributed by atoms with Gasteiger partial charge in [-0.2, -0.15) is 0 Å². The van der Waals surface area contributed by atoms with Crippen molar-refractivity contribution in [1.82, 2.24) is 5.32 Å². The summed E-state index contributed by atoms with van der Waals surface area (Å²) in [5.74, 6) is -4.49. The van der Waals surface area contributed by atoms with E-state index in [1.165, 1.54) is 0 Å². The number of rotatable bonds is 8. The molecular weight excluding hydrogens is 714 g/mol. The van der Waals surface area contributed by atoms with Gasteiger partial charge in [0.05, 0.1) is 41.8 Å². The maximum Gasteiger partial charge on any atom is 0.338 e. The molecule has 1 amide bonds. The van der Waals surface area contributed by atoms with E-state index in [9.17, 15) is 34.5 Å². The van der Waals surface area contributed by atoms with Gasteiger partial charge in [-0.15, -0.1) is 0 Å². The fourth-order valence-corrected chi connectivity index (χ4v) is 10.1. The van der Waals surface area contributed by atoms with E-state index in [0.29, 0.717) is 16.7 Å². The molecule has 2 bridgehead atoms. The maximum absolute atomic E-state index is 14.9. The maximum atomic E-state index is 14.9. The zero-order chi connectivity index (χ0) is 40.4. The first-order valence-electron chi connectivity index (χ1n) is 19.3. The number of hydrogen-bond acceptors (Lipinski definition) is 10. The molecular formula is C45H51NO10. The fraction of sp³-hybridized carbons (Fsp3) is 0.467. The van der Waals surface area contributed by atoms with Gasteiger partial charge < -0.3 is 34.8 Å². The Morgan fingerprint density at radius 1 is 0.857 bits per heavy atom.